The van der Waals surface area contributed by atoms with E-state index in [-0.39, 0.29) is 11.2 Å². The lowest BCUT2D eigenvalue weighted by Crippen LogP contribution is -2.24. The van der Waals surface area contributed by atoms with E-state index in [0.717, 1.165) is 24.0 Å². The van der Waals surface area contributed by atoms with E-state index >= 15 is 0 Å². The lowest BCUT2D eigenvalue weighted by Gasteiger charge is -2.32. The molecule has 1 aliphatic carbocycles. The summed E-state index contributed by atoms with van der Waals surface area (Å²) in [6.45, 7) is 8.64. The van der Waals surface area contributed by atoms with Gasteiger partial charge in [-0.3, -0.25) is 4.79 Å². The number of Topliss-reactive ketones (excluding diaryl/α,β-unsaturated/α-hetero) is 1. The molecule has 1 nitrogen and oxygen atoms in total. The van der Waals surface area contributed by atoms with Crippen molar-refractivity contribution in [3.8, 4) is 22.3 Å². The fraction of sp³-hybridized carbons (Fsp3) is 0.242. The highest BCUT2D eigenvalue weighted by Crippen LogP contribution is 2.58. The molecule has 5 rings (SSSR count). The third kappa shape index (κ3) is 3.85. The quantitative estimate of drug-likeness (QED) is 0.247. The summed E-state index contributed by atoms with van der Waals surface area (Å²) in [5, 5.41) is 0. The highest BCUT2D eigenvalue weighted by atomic mass is 32.2. The molecule has 0 N–H and O–H groups in total. The molecular weight excluding hydrogens is 444 g/mol. The van der Waals surface area contributed by atoms with Gasteiger partial charge in [0, 0.05) is 32.8 Å². The zero-order valence-electron chi connectivity index (χ0n) is 21.0. The summed E-state index contributed by atoms with van der Waals surface area (Å²) in [7, 11) is 0. The number of fused-ring (bicyclic) bond motifs is 3. The Labute approximate surface area is 213 Å². The fourth-order valence-corrected chi connectivity index (χ4v) is 6.84. The van der Waals surface area contributed by atoms with E-state index in [2.05, 4.69) is 106 Å². The monoisotopic (exact) mass is 476 g/mol. The van der Waals surface area contributed by atoms with Crippen LogP contribution in [0.1, 0.15) is 67.1 Å². The topological polar surface area (TPSA) is 17.1 Å². The summed E-state index contributed by atoms with van der Waals surface area (Å²) >= 11 is 1.84. The smallest absolute Gasteiger partial charge is 0.162 e. The molecule has 4 aromatic rings. The van der Waals surface area contributed by atoms with Crippen LogP contribution >= 0.6 is 11.8 Å². The van der Waals surface area contributed by atoms with Crippen molar-refractivity contribution in [3.05, 3.63) is 107 Å². The minimum absolute atomic E-state index is 0.125. The molecule has 0 heterocycles. The van der Waals surface area contributed by atoms with Gasteiger partial charge in [-0.05, 0) is 77.4 Å². The second-order valence-electron chi connectivity index (χ2n) is 9.42. The molecule has 2 heteroatoms. The van der Waals surface area contributed by atoms with Gasteiger partial charge in [0.05, 0.1) is 0 Å². The largest absolute Gasteiger partial charge is 0.294 e. The van der Waals surface area contributed by atoms with Gasteiger partial charge in [0.1, 0.15) is 0 Å². The molecule has 0 amide bonds. The molecule has 0 radical (unpaired) electrons. The molecule has 1 aliphatic rings. The van der Waals surface area contributed by atoms with E-state index < -0.39 is 0 Å². The Morgan fingerprint density at radius 3 is 2.09 bits per heavy atom. The second kappa shape index (κ2) is 9.51. The fourth-order valence-electron chi connectivity index (χ4n) is 5.83. The molecule has 35 heavy (non-hydrogen) atoms. The van der Waals surface area contributed by atoms with Gasteiger partial charge in [0.2, 0.25) is 0 Å². The molecule has 0 saturated heterocycles. The minimum Gasteiger partial charge on any atom is -0.294 e. The molecule has 4 aromatic carbocycles. The standard InChI is InChI=1S/C33H32OS/c1-5-29(34)26-21-28-27(20-22(26)4)25-18-19-30(35-24-16-12-9-13-17-24)31(23-14-10-8-11-15-23)32(25)33(28,6-2)7-3/h8-21H,5-7H2,1-4H3. The summed E-state index contributed by atoms with van der Waals surface area (Å²) in [6.07, 6.45) is 2.52. The molecule has 0 bridgehead atoms. The summed E-state index contributed by atoms with van der Waals surface area (Å²) in [5.41, 5.74) is 9.77. The van der Waals surface area contributed by atoms with Gasteiger partial charge in [0.15, 0.2) is 5.78 Å². The molecule has 0 aromatic heterocycles. The van der Waals surface area contributed by atoms with Crippen molar-refractivity contribution in [1.29, 1.82) is 0 Å². The molecule has 0 saturated carbocycles. The van der Waals surface area contributed by atoms with Gasteiger partial charge in [0.25, 0.3) is 0 Å². The average molecular weight is 477 g/mol. The Morgan fingerprint density at radius 1 is 0.800 bits per heavy atom. The van der Waals surface area contributed by atoms with Crippen molar-refractivity contribution in [2.75, 3.05) is 0 Å². The van der Waals surface area contributed by atoms with Gasteiger partial charge < -0.3 is 0 Å². The second-order valence-corrected chi connectivity index (χ2v) is 10.5. The Morgan fingerprint density at radius 2 is 1.46 bits per heavy atom. The highest BCUT2D eigenvalue weighted by molar-refractivity contribution is 7.99. The van der Waals surface area contributed by atoms with Crippen LogP contribution in [0.4, 0.5) is 0 Å². The van der Waals surface area contributed by atoms with Crippen LogP contribution in [0.2, 0.25) is 0 Å². The molecule has 0 aliphatic heterocycles. The first kappa shape index (κ1) is 23.6. The molecular formula is C33H32OS. The number of hydrogen-bond acceptors (Lipinski definition) is 2. The lowest BCUT2D eigenvalue weighted by molar-refractivity contribution is 0.0987. The van der Waals surface area contributed by atoms with E-state index in [1.54, 1.807) is 0 Å². The number of carbonyl (C=O) groups is 1. The summed E-state index contributed by atoms with van der Waals surface area (Å²) in [6, 6.07) is 30.6. The molecule has 0 atom stereocenters. The number of ketones is 1. The highest BCUT2D eigenvalue weighted by Gasteiger charge is 2.43. The van der Waals surface area contributed by atoms with Crippen molar-refractivity contribution in [3.63, 3.8) is 0 Å². The first-order valence-corrected chi connectivity index (χ1v) is 13.5. The van der Waals surface area contributed by atoms with Crippen molar-refractivity contribution in [1.82, 2.24) is 0 Å². The first-order chi connectivity index (χ1) is 17.0. The predicted octanol–water partition coefficient (Wildman–Crippen LogP) is 9.49. The normalized spacial score (nSPS) is 13.4. The maximum absolute atomic E-state index is 12.8. The van der Waals surface area contributed by atoms with Crippen LogP contribution < -0.4 is 0 Å². The molecule has 176 valence electrons. The Bertz CT molecular complexity index is 1380. The van der Waals surface area contributed by atoms with E-state index in [9.17, 15) is 4.79 Å². The third-order valence-corrected chi connectivity index (χ3v) is 8.75. The maximum Gasteiger partial charge on any atom is 0.162 e. The maximum atomic E-state index is 12.8. The average Bonchev–Trinajstić information content (AvgIpc) is 3.17. The molecule has 0 fully saturated rings. The summed E-state index contributed by atoms with van der Waals surface area (Å²) in [4.78, 5) is 15.4. The number of rotatable bonds is 7. The summed E-state index contributed by atoms with van der Waals surface area (Å²) < 4.78 is 0. The minimum atomic E-state index is -0.125. The van der Waals surface area contributed by atoms with Crippen LogP contribution in [0.15, 0.2) is 94.7 Å². The summed E-state index contributed by atoms with van der Waals surface area (Å²) in [5.74, 6) is 0.228. The third-order valence-electron chi connectivity index (χ3n) is 7.68. The first-order valence-electron chi connectivity index (χ1n) is 12.7. The van der Waals surface area contributed by atoms with E-state index in [0.29, 0.717) is 6.42 Å². The van der Waals surface area contributed by atoms with Crippen LogP contribution in [-0.2, 0) is 5.41 Å². The van der Waals surface area contributed by atoms with Crippen molar-refractivity contribution in [2.45, 2.75) is 62.2 Å². The Kier molecular flexibility index (Phi) is 6.42. The zero-order chi connectivity index (χ0) is 24.6. The van der Waals surface area contributed by atoms with Crippen LogP contribution in [-0.4, -0.2) is 5.78 Å². The Balaban J connectivity index is 1.83. The predicted molar refractivity (Wildman–Crippen MR) is 149 cm³/mol. The lowest BCUT2D eigenvalue weighted by atomic mass is 9.71. The number of benzene rings is 4. The Hall–Kier alpha value is -3.10. The molecule has 0 unspecified atom stereocenters. The number of hydrogen-bond donors (Lipinski definition) is 0. The van der Waals surface area contributed by atoms with Gasteiger partial charge in [-0.25, -0.2) is 0 Å². The number of carbonyl (C=O) groups excluding carboxylic acids is 1. The van der Waals surface area contributed by atoms with Crippen molar-refractivity contribution < 1.29 is 4.79 Å². The molecule has 0 spiro atoms. The van der Waals surface area contributed by atoms with Crippen LogP contribution in [0.25, 0.3) is 22.3 Å². The van der Waals surface area contributed by atoms with Crippen molar-refractivity contribution in [2.24, 2.45) is 0 Å². The van der Waals surface area contributed by atoms with Gasteiger partial charge in [-0.1, -0.05) is 93.2 Å². The number of aryl methyl sites for hydroxylation is 1. The van der Waals surface area contributed by atoms with E-state index in [1.807, 2.05) is 18.7 Å². The van der Waals surface area contributed by atoms with E-state index in [1.165, 1.54) is 43.2 Å². The van der Waals surface area contributed by atoms with E-state index in [4.69, 9.17) is 0 Å². The van der Waals surface area contributed by atoms with Crippen LogP contribution in [0, 0.1) is 6.92 Å². The zero-order valence-corrected chi connectivity index (χ0v) is 21.8. The van der Waals surface area contributed by atoms with Gasteiger partial charge in [-0.2, -0.15) is 0 Å². The van der Waals surface area contributed by atoms with Gasteiger partial charge in [-0.15, -0.1) is 0 Å². The SMILES string of the molecule is CCC(=O)c1cc2c(cc1C)-c1ccc(Sc3ccccc3)c(-c3ccccc3)c1C2(CC)CC. The van der Waals surface area contributed by atoms with Crippen LogP contribution in [0.5, 0.6) is 0 Å². The van der Waals surface area contributed by atoms with Gasteiger partial charge >= 0.3 is 0 Å². The van der Waals surface area contributed by atoms with Crippen LogP contribution in [0.3, 0.4) is 0 Å². The van der Waals surface area contributed by atoms with Crippen molar-refractivity contribution >= 4 is 17.5 Å².